The minimum absolute atomic E-state index is 0.179. The van der Waals surface area contributed by atoms with Gasteiger partial charge in [-0.2, -0.15) is 0 Å². The van der Waals surface area contributed by atoms with Gasteiger partial charge >= 0.3 is 6.09 Å². The van der Waals surface area contributed by atoms with E-state index in [-0.39, 0.29) is 6.09 Å². The van der Waals surface area contributed by atoms with Gasteiger partial charge in [0, 0.05) is 44.2 Å². The van der Waals surface area contributed by atoms with E-state index in [1.165, 1.54) is 0 Å². The molecule has 5 nitrogen and oxygen atoms in total. The number of amides is 1. The minimum atomic E-state index is -0.422. The van der Waals surface area contributed by atoms with Crippen molar-refractivity contribution in [3.05, 3.63) is 24.4 Å². The predicted molar refractivity (Wildman–Crippen MR) is 81.2 cm³/mol. The SMILES string of the molecule is CC(C)(C)OC(=O)N1C[C@H]2CN(c3ccccn3)C[C@@H]2C1. The Kier molecular flexibility index (Phi) is 3.51. The lowest BCUT2D eigenvalue weighted by atomic mass is 10.0. The largest absolute Gasteiger partial charge is 0.444 e. The average Bonchev–Trinajstić information content (AvgIpc) is 2.95. The maximum atomic E-state index is 12.1. The summed E-state index contributed by atoms with van der Waals surface area (Å²) < 4.78 is 5.46. The van der Waals surface area contributed by atoms with Gasteiger partial charge in [-0.05, 0) is 32.9 Å². The lowest BCUT2D eigenvalue weighted by Crippen LogP contribution is -2.37. The second kappa shape index (κ2) is 5.20. The van der Waals surface area contributed by atoms with Gasteiger partial charge in [0.15, 0.2) is 0 Å². The number of aromatic nitrogens is 1. The van der Waals surface area contributed by atoms with Crippen molar-refractivity contribution in [2.45, 2.75) is 26.4 Å². The molecule has 2 aliphatic heterocycles. The van der Waals surface area contributed by atoms with E-state index in [4.69, 9.17) is 4.74 Å². The van der Waals surface area contributed by atoms with Crippen LogP contribution in [0.1, 0.15) is 20.8 Å². The van der Waals surface area contributed by atoms with Crippen LogP contribution in [0.15, 0.2) is 24.4 Å². The van der Waals surface area contributed by atoms with Crippen LogP contribution in [0, 0.1) is 11.8 Å². The van der Waals surface area contributed by atoms with E-state index >= 15 is 0 Å². The molecule has 0 unspecified atom stereocenters. The number of fused-ring (bicyclic) bond motifs is 1. The lowest BCUT2D eigenvalue weighted by Gasteiger charge is -2.26. The topological polar surface area (TPSA) is 45.7 Å². The summed E-state index contributed by atoms with van der Waals surface area (Å²) in [6.45, 7) is 9.26. The molecule has 0 radical (unpaired) electrons. The molecule has 0 N–H and O–H groups in total. The third kappa shape index (κ3) is 3.12. The molecule has 2 saturated heterocycles. The first-order chi connectivity index (χ1) is 9.92. The molecule has 1 aromatic rings. The van der Waals surface area contributed by atoms with Crippen molar-refractivity contribution >= 4 is 11.9 Å². The lowest BCUT2D eigenvalue weighted by molar-refractivity contribution is 0.0282. The third-order valence-electron chi connectivity index (χ3n) is 4.11. The van der Waals surface area contributed by atoms with E-state index in [1.54, 1.807) is 0 Å². The molecule has 5 heteroatoms. The van der Waals surface area contributed by atoms with E-state index in [9.17, 15) is 4.79 Å². The molecule has 3 rings (SSSR count). The standard InChI is InChI=1S/C16H23N3O2/c1-16(2,3)21-15(20)19-10-12-8-18(9-13(12)11-19)14-6-4-5-7-17-14/h4-7,12-13H,8-11H2,1-3H3/t12-,13-/m1/s1. The molecule has 21 heavy (non-hydrogen) atoms. The summed E-state index contributed by atoms with van der Waals surface area (Å²) in [5.74, 6) is 2.09. The highest BCUT2D eigenvalue weighted by molar-refractivity contribution is 5.68. The number of hydrogen-bond acceptors (Lipinski definition) is 4. The second-order valence-electron chi connectivity index (χ2n) is 7.00. The molecule has 0 bridgehead atoms. The number of carbonyl (C=O) groups excluding carboxylic acids is 1. The van der Waals surface area contributed by atoms with Crippen LogP contribution >= 0.6 is 0 Å². The fraction of sp³-hybridized carbons (Fsp3) is 0.625. The van der Waals surface area contributed by atoms with Gasteiger partial charge in [0.25, 0.3) is 0 Å². The molecule has 2 atom stereocenters. The summed E-state index contributed by atoms with van der Waals surface area (Å²) in [6, 6.07) is 6.00. The van der Waals surface area contributed by atoms with E-state index in [1.807, 2.05) is 50.1 Å². The summed E-state index contributed by atoms with van der Waals surface area (Å²) in [4.78, 5) is 20.7. The van der Waals surface area contributed by atoms with E-state index in [0.29, 0.717) is 11.8 Å². The summed E-state index contributed by atoms with van der Waals surface area (Å²) in [5, 5.41) is 0. The first-order valence-corrected chi connectivity index (χ1v) is 7.56. The first-order valence-electron chi connectivity index (χ1n) is 7.56. The molecular weight excluding hydrogens is 266 g/mol. The molecule has 3 heterocycles. The van der Waals surface area contributed by atoms with Crippen LogP contribution in [0.3, 0.4) is 0 Å². The van der Waals surface area contributed by atoms with Crippen LogP contribution in [0.2, 0.25) is 0 Å². The molecule has 114 valence electrons. The van der Waals surface area contributed by atoms with Crippen LogP contribution < -0.4 is 4.90 Å². The maximum absolute atomic E-state index is 12.1. The van der Waals surface area contributed by atoms with Crippen molar-refractivity contribution in [1.82, 2.24) is 9.88 Å². The molecule has 1 amide bonds. The highest BCUT2D eigenvalue weighted by Crippen LogP contribution is 2.33. The Morgan fingerprint density at radius 2 is 1.86 bits per heavy atom. The predicted octanol–water partition coefficient (Wildman–Crippen LogP) is 2.38. The van der Waals surface area contributed by atoms with Gasteiger partial charge in [0.2, 0.25) is 0 Å². The Morgan fingerprint density at radius 3 is 2.38 bits per heavy atom. The number of ether oxygens (including phenoxy) is 1. The van der Waals surface area contributed by atoms with Crippen molar-refractivity contribution < 1.29 is 9.53 Å². The molecule has 0 saturated carbocycles. The van der Waals surface area contributed by atoms with E-state index < -0.39 is 5.60 Å². The number of hydrogen-bond donors (Lipinski definition) is 0. The molecule has 2 fully saturated rings. The molecule has 1 aromatic heterocycles. The van der Waals surface area contributed by atoms with Gasteiger partial charge in [-0.1, -0.05) is 6.07 Å². The minimum Gasteiger partial charge on any atom is -0.444 e. The zero-order valence-corrected chi connectivity index (χ0v) is 13.0. The smallest absolute Gasteiger partial charge is 0.410 e. The van der Waals surface area contributed by atoms with E-state index in [2.05, 4.69) is 9.88 Å². The highest BCUT2D eigenvalue weighted by Gasteiger charge is 2.42. The third-order valence-corrected chi connectivity index (χ3v) is 4.11. The Morgan fingerprint density at radius 1 is 1.19 bits per heavy atom. The van der Waals surface area contributed by atoms with Gasteiger partial charge in [-0.25, -0.2) is 9.78 Å². The summed E-state index contributed by atoms with van der Waals surface area (Å²) in [6.07, 6.45) is 1.65. The summed E-state index contributed by atoms with van der Waals surface area (Å²) in [7, 11) is 0. The Hall–Kier alpha value is -1.78. The number of rotatable bonds is 1. The monoisotopic (exact) mass is 289 g/mol. The number of likely N-dealkylation sites (tertiary alicyclic amines) is 1. The van der Waals surface area contributed by atoms with Crippen LogP contribution in [0.5, 0.6) is 0 Å². The zero-order chi connectivity index (χ0) is 15.0. The second-order valence-corrected chi connectivity index (χ2v) is 7.00. The molecule has 2 aliphatic rings. The van der Waals surface area contributed by atoms with Crippen LogP contribution in [-0.4, -0.2) is 47.8 Å². The average molecular weight is 289 g/mol. The van der Waals surface area contributed by atoms with Crippen molar-refractivity contribution in [2.75, 3.05) is 31.1 Å². The Labute approximate surface area is 125 Å². The van der Waals surface area contributed by atoms with Crippen LogP contribution in [-0.2, 0) is 4.74 Å². The Balaban J connectivity index is 1.58. The summed E-state index contributed by atoms with van der Waals surface area (Å²) >= 11 is 0. The van der Waals surface area contributed by atoms with Crippen LogP contribution in [0.4, 0.5) is 10.6 Å². The van der Waals surface area contributed by atoms with Crippen molar-refractivity contribution in [3.8, 4) is 0 Å². The zero-order valence-electron chi connectivity index (χ0n) is 13.0. The van der Waals surface area contributed by atoms with Crippen molar-refractivity contribution in [1.29, 1.82) is 0 Å². The van der Waals surface area contributed by atoms with Gasteiger partial charge in [0.1, 0.15) is 11.4 Å². The van der Waals surface area contributed by atoms with Crippen molar-refractivity contribution in [2.24, 2.45) is 11.8 Å². The van der Waals surface area contributed by atoms with Gasteiger partial charge in [-0.15, -0.1) is 0 Å². The quantitative estimate of drug-likeness (QED) is 0.796. The van der Waals surface area contributed by atoms with Gasteiger partial charge < -0.3 is 14.5 Å². The maximum Gasteiger partial charge on any atom is 0.410 e. The van der Waals surface area contributed by atoms with Crippen LogP contribution in [0.25, 0.3) is 0 Å². The summed E-state index contributed by atoms with van der Waals surface area (Å²) in [5.41, 5.74) is -0.422. The fourth-order valence-corrected chi connectivity index (χ4v) is 3.20. The number of anilines is 1. The molecule has 0 spiro atoms. The first kappa shape index (κ1) is 14.2. The Bertz CT molecular complexity index is 498. The number of carbonyl (C=O) groups is 1. The number of pyridine rings is 1. The normalized spacial score (nSPS) is 25.1. The molecule has 0 aliphatic carbocycles. The molecular formula is C16H23N3O2. The van der Waals surface area contributed by atoms with Crippen molar-refractivity contribution in [3.63, 3.8) is 0 Å². The highest BCUT2D eigenvalue weighted by atomic mass is 16.6. The molecule has 0 aromatic carbocycles. The number of nitrogens with zero attached hydrogens (tertiary/aromatic N) is 3. The van der Waals surface area contributed by atoms with Gasteiger partial charge in [-0.3, -0.25) is 0 Å². The fourth-order valence-electron chi connectivity index (χ4n) is 3.20. The van der Waals surface area contributed by atoms with E-state index in [0.717, 1.165) is 32.0 Å². The van der Waals surface area contributed by atoms with Gasteiger partial charge in [0.05, 0.1) is 0 Å².